The van der Waals surface area contributed by atoms with Crippen molar-refractivity contribution in [2.75, 3.05) is 18.0 Å². The van der Waals surface area contributed by atoms with Gasteiger partial charge >= 0.3 is 0 Å². The number of benzene rings is 3. The Kier molecular flexibility index (Phi) is 11.4. The molecule has 0 radical (unpaired) electrons. The highest BCUT2D eigenvalue weighted by Gasteiger charge is 2.34. The van der Waals surface area contributed by atoms with Crippen LogP contribution in [0.3, 0.4) is 0 Å². The Bertz CT molecular complexity index is 1480. The van der Waals surface area contributed by atoms with E-state index in [0.29, 0.717) is 12.2 Å². The number of halogens is 1. The van der Waals surface area contributed by atoms with Crippen LogP contribution in [0.2, 0.25) is 5.02 Å². The molecule has 3 aromatic rings. The number of rotatable bonds is 13. The molecule has 0 bridgehead atoms. The lowest BCUT2D eigenvalue weighted by Crippen LogP contribution is -2.53. The molecular formula is C32H40ClN3O5S. The van der Waals surface area contributed by atoms with E-state index in [9.17, 15) is 18.0 Å². The fraction of sp³-hybridized carbons (Fsp3) is 0.375. The maximum Gasteiger partial charge on any atom is 0.264 e. The zero-order chi connectivity index (χ0) is 31.0. The Morgan fingerprint density at radius 2 is 1.52 bits per heavy atom. The lowest BCUT2D eigenvalue weighted by molar-refractivity contribution is -0.140. The fourth-order valence-electron chi connectivity index (χ4n) is 4.43. The van der Waals surface area contributed by atoms with Gasteiger partial charge in [-0.05, 0) is 69.5 Å². The van der Waals surface area contributed by atoms with Crippen molar-refractivity contribution in [2.45, 2.75) is 71.0 Å². The van der Waals surface area contributed by atoms with Crippen molar-refractivity contribution >= 4 is 39.1 Å². The summed E-state index contributed by atoms with van der Waals surface area (Å²) in [5.74, 6) is -0.440. The molecule has 0 aliphatic carbocycles. The molecule has 0 spiro atoms. The zero-order valence-electron chi connectivity index (χ0n) is 25.1. The molecule has 226 valence electrons. The van der Waals surface area contributed by atoms with E-state index < -0.39 is 28.5 Å². The second-order valence-electron chi connectivity index (χ2n) is 10.4. The van der Waals surface area contributed by atoms with E-state index >= 15 is 0 Å². The number of sulfonamides is 1. The van der Waals surface area contributed by atoms with Crippen LogP contribution in [0.4, 0.5) is 5.69 Å². The molecule has 0 fully saturated rings. The minimum absolute atomic E-state index is 0.0273. The van der Waals surface area contributed by atoms with E-state index in [4.69, 9.17) is 16.3 Å². The average Bonchev–Trinajstić information content (AvgIpc) is 2.96. The van der Waals surface area contributed by atoms with Gasteiger partial charge in [0.15, 0.2) is 0 Å². The molecule has 0 aliphatic heterocycles. The van der Waals surface area contributed by atoms with Gasteiger partial charge in [0, 0.05) is 12.6 Å². The molecule has 0 aromatic heterocycles. The molecule has 0 aliphatic rings. The Labute approximate surface area is 254 Å². The topological polar surface area (TPSA) is 96.0 Å². The summed E-state index contributed by atoms with van der Waals surface area (Å²) in [6, 6.07) is 17.7. The molecule has 1 N–H and O–H groups in total. The number of aryl methyl sites for hydroxylation is 2. The number of carbonyl (C=O) groups excluding carboxylic acids is 2. The molecule has 42 heavy (non-hydrogen) atoms. The van der Waals surface area contributed by atoms with Crippen molar-refractivity contribution in [2.24, 2.45) is 0 Å². The van der Waals surface area contributed by atoms with Gasteiger partial charge in [0.05, 0.1) is 22.7 Å². The summed E-state index contributed by atoms with van der Waals surface area (Å²) in [7, 11) is -2.74. The molecule has 0 saturated heterocycles. The normalized spacial score (nSPS) is 12.7. The minimum atomic E-state index is -4.20. The van der Waals surface area contributed by atoms with Crippen LogP contribution in [0.15, 0.2) is 71.6 Å². The summed E-state index contributed by atoms with van der Waals surface area (Å²) in [6.45, 7) is 9.12. The van der Waals surface area contributed by atoms with E-state index in [1.807, 2.05) is 58.9 Å². The third-order valence-electron chi connectivity index (χ3n) is 7.17. The maximum atomic E-state index is 14.2. The second-order valence-corrected chi connectivity index (χ2v) is 12.7. The first kappa shape index (κ1) is 32.9. The van der Waals surface area contributed by atoms with Crippen molar-refractivity contribution < 1.29 is 22.7 Å². The summed E-state index contributed by atoms with van der Waals surface area (Å²) in [6.07, 6.45) is 1.08. The summed E-state index contributed by atoms with van der Waals surface area (Å²) in [5, 5.41) is 3.18. The largest absolute Gasteiger partial charge is 0.495 e. The lowest BCUT2D eigenvalue weighted by Gasteiger charge is -2.34. The Balaban J connectivity index is 2.09. The predicted molar refractivity (Wildman–Crippen MR) is 167 cm³/mol. The quantitative estimate of drug-likeness (QED) is 0.260. The first-order valence-corrected chi connectivity index (χ1v) is 15.8. The van der Waals surface area contributed by atoms with Crippen molar-refractivity contribution in [1.82, 2.24) is 10.2 Å². The van der Waals surface area contributed by atoms with Crippen molar-refractivity contribution in [3.05, 3.63) is 88.4 Å². The summed E-state index contributed by atoms with van der Waals surface area (Å²) in [5.41, 5.74) is 2.97. The van der Waals surface area contributed by atoms with E-state index in [0.717, 1.165) is 27.4 Å². The van der Waals surface area contributed by atoms with Crippen LogP contribution in [0, 0.1) is 13.8 Å². The summed E-state index contributed by atoms with van der Waals surface area (Å²) < 4.78 is 34.3. The second kappa shape index (κ2) is 14.6. The van der Waals surface area contributed by atoms with Gasteiger partial charge in [-0.3, -0.25) is 13.9 Å². The van der Waals surface area contributed by atoms with Crippen molar-refractivity contribution in [1.29, 1.82) is 0 Å². The van der Waals surface area contributed by atoms with Gasteiger partial charge in [0.25, 0.3) is 10.0 Å². The predicted octanol–water partition coefficient (Wildman–Crippen LogP) is 5.88. The summed E-state index contributed by atoms with van der Waals surface area (Å²) >= 11 is 6.39. The molecule has 3 aromatic carbocycles. The summed E-state index contributed by atoms with van der Waals surface area (Å²) in [4.78, 5) is 29.1. The maximum absolute atomic E-state index is 14.2. The number of hydrogen-bond donors (Lipinski definition) is 1. The zero-order valence-corrected chi connectivity index (χ0v) is 26.6. The highest BCUT2D eigenvalue weighted by molar-refractivity contribution is 7.92. The van der Waals surface area contributed by atoms with Crippen molar-refractivity contribution in [3.8, 4) is 5.75 Å². The van der Waals surface area contributed by atoms with E-state index in [-0.39, 0.29) is 34.1 Å². The molecule has 2 amide bonds. The number of nitrogens with one attached hydrogen (secondary N) is 1. The van der Waals surface area contributed by atoms with Gasteiger partial charge in [-0.1, -0.05) is 73.0 Å². The number of carbonyl (C=O) groups is 2. The van der Waals surface area contributed by atoms with Crippen LogP contribution in [0.5, 0.6) is 5.75 Å². The monoisotopic (exact) mass is 613 g/mol. The highest BCUT2D eigenvalue weighted by atomic mass is 35.5. The van der Waals surface area contributed by atoms with Crippen LogP contribution in [0.1, 0.15) is 50.3 Å². The molecule has 8 nitrogen and oxygen atoms in total. The van der Waals surface area contributed by atoms with Gasteiger partial charge in [0.1, 0.15) is 18.3 Å². The Morgan fingerprint density at radius 1 is 0.929 bits per heavy atom. The van der Waals surface area contributed by atoms with Gasteiger partial charge in [0.2, 0.25) is 11.8 Å². The number of methoxy groups -OCH3 is 1. The smallest absolute Gasteiger partial charge is 0.264 e. The van der Waals surface area contributed by atoms with Gasteiger partial charge in [-0.25, -0.2) is 8.42 Å². The van der Waals surface area contributed by atoms with Gasteiger partial charge in [-0.2, -0.15) is 0 Å². The van der Waals surface area contributed by atoms with Crippen LogP contribution in [0.25, 0.3) is 0 Å². The van der Waals surface area contributed by atoms with E-state index in [1.165, 1.54) is 30.2 Å². The molecule has 2 atom stereocenters. The van der Waals surface area contributed by atoms with Crippen LogP contribution < -0.4 is 14.4 Å². The third kappa shape index (κ3) is 8.04. The van der Waals surface area contributed by atoms with Crippen LogP contribution in [-0.2, 0) is 26.2 Å². The molecule has 10 heteroatoms. The van der Waals surface area contributed by atoms with E-state index in [2.05, 4.69) is 5.32 Å². The number of anilines is 1. The first-order chi connectivity index (χ1) is 19.9. The Morgan fingerprint density at radius 3 is 2.05 bits per heavy atom. The van der Waals surface area contributed by atoms with Crippen LogP contribution >= 0.6 is 11.6 Å². The third-order valence-corrected chi connectivity index (χ3v) is 9.26. The number of amides is 2. The van der Waals surface area contributed by atoms with Crippen LogP contribution in [-0.4, -0.2) is 50.9 Å². The van der Waals surface area contributed by atoms with Gasteiger partial charge in [-0.15, -0.1) is 0 Å². The first-order valence-electron chi connectivity index (χ1n) is 14.0. The minimum Gasteiger partial charge on any atom is -0.495 e. The molecule has 0 heterocycles. The number of hydrogen-bond acceptors (Lipinski definition) is 5. The molecule has 3 rings (SSSR count). The highest BCUT2D eigenvalue weighted by Crippen LogP contribution is 2.32. The SMILES string of the molecule is CCC(C)NC(=O)C(CC)N(Cc1ccc(C)cc1)C(=O)CN(c1ccc(OC)c(Cl)c1)S(=O)(=O)c1ccc(C)cc1. The van der Waals surface area contributed by atoms with E-state index in [1.54, 1.807) is 24.3 Å². The molecular weight excluding hydrogens is 574 g/mol. The number of nitrogens with zero attached hydrogens (tertiary/aromatic N) is 2. The lowest BCUT2D eigenvalue weighted by atomic mass is 10.1. The number of ether oxygens (including phenoxy) is 1. The Hall–Kier alpha value is -3.56. The average molecular weight is 614 g/mol. The van der Waals surface area contributed by atoms with Gasteiger partial charge < -0.3 is 15.0 Å². The fourth-order valence-corrected chi connectivity index (χ4v) is 6.09. The standard InChI is InChI=1S/C32H40ClN3O5S/c1-7-24(5)34-32(38)29(8-2)35(20-25-13-9-22(3)10-14-25)31(37)21-36(26-15-18-30(41-6)28(33)19-26)42(39,40)27-16-11-23(4)12-17-27/h9-19,24,29H,7-8,20-21H2,1-6H3,(H,34,38). The molecule has 2 unspecified atom stereocenters. The van der Waals surface area contributed by atoms with Crippen molar-refractivity contribution in [3.63, 3.8) is 0 Å². The molecule has 0 saturated carbocycles.